The summed E-state index contributed by atoms with van der Waals surface area (Å²) in [7, 11) is -0.537. The molecule has 4 rings (SSSR count). The zero-order chi connectivity index (χ0) is 30.7. The van der Waals surface area contributed by atoms with E-state index in [2.05, 4.69) is 15.8 Å². The van der Waals surface area contributed by atoms with E-state index in [0.717, 1.165) is 5.56 Å². The van der Waals surface area contributed by atoms with Gasteiger partial charge in [0.05, 0.1) is 31.5 Å². The Hall–Kier alpha value is -4.13. The highest BCUT2D eigenvalue weighted by Crippen LogP contribution is 2.29. The molecule has 230 valence electrons. The smallest absolute Gasteiger partial charge is 0.265 e. The fraction of sp³-hybridized carbons (Fsp3) is 0.355. The number of carbonyl (C=O) groups excluding carboxylic acids is 1. The van der Waals surface area contributed by atoms with Crippen molar-refractivity contribution < 1.29 is 37.3 Å². The summed E-state index contributed by atoms with van der Waals surface area (Å²) in [6.07, 6.45) is 1.01. The third-order valence-corrected chi connectivity index (χ3v) is 8.67. The normalized spacial score (nSPS) is 16.2. The number of hydrazine groups is 1. The Morgan fingerprint density at radius 1 is 1.02 bits per heavy atom. The molecular formula is C31H37N3O8S. The van der Waals surface area contributed by atoms with Gasteiger partial charge in [-0.3, -0.25) is 10.2 Å². The van der Waals surface area contributed by atoms with Gasteiger partial charge in [-0.25, -0.2) is 18.8 Å². The number of rotatable bonds is 16. The van der Waals surface area contributed by atoms with Crippen molar-refractivity contribution in [3.8, 4) is 17.2 Å². The maximum Gasteiger partial charge on any atom is 0.265 e. The number of nitrogens with one attached hydrogen (secondary N) is 2. The van der Waals surface area contributed by atoms with Crippen molar-refractivity contribution in [2.24, 2.45) is 4.99 Å². The number of benzene rings is 3. The first-order valence-electron chi connectivity index (χ1n) is 13.9. The number of carbonyl (C=O) groups is 1. The maximum atomic E-state index is 13.6. The lowest BCUT2D eigenvalue weighted by molar-refractivity contribution is -0.127. The zero-order valence-corrected chi connectivity index (χ0v) is 25.1. The number of amides is 1. The van der Waals surface area contributed by atoms with E-state index in [-0.39, 0.29) is 36.2 Å². The first kappa shape index (κ1) is 31.8. The molecule has 12 heteroatoms. The van der Waals surface area contributed by atoms with E-state index >= 15 is 0 Å². The Kier molecular flexibility index (Phi) is 11.0. The molecule has 0 spiro atoms. The summed E-state index contributed by atoms with van der Waals surface area (Å²) in [6.45, 7) is 0.697. The molecule has 1 aliphatic rings. The number of nitrogens with zero attached hydrogens (tertiary/aromatic N) is 1. The first-order valence-corrected chi connectivity index (χ1v) is 15.5. The lowest BCUT2D eigenvalue weighted by Gasteiger charge is -2.23. The molecule has 43 heavy (non-hydrogen) atoms. The minimum absolute atomic E-state index is 0.0396. The molecule has 1 atom stereocenters. The highest BCUT2D eigenvalue weighted by molar-refractivity contribution is 7.91. The number of aliphatic hydroxyl groups excluding tert-OH is 1. The van der Waals surface area contributed by atoms with E-state index < -0.39 is 21.3 Å². The fourth-order valence-electron chi connectivity index (χ4n) is 4.45. The van der Waals surface area contributed by atoms with Crippen molar-refractivity contribution in [1.29, 1.82) is 0 Å². The van der Waals surface area contributed by atoms with Crippen LogP contribution in [0.25, 0.3) is 0 Å². The van der Waals surface area contributed by atoms with Gasteiger partial charge in [-0.1, -0.05) is 24.3 Å². The molecule has 3 N–H and O–H groups in total. The van der Waals surface area contributed by atoms with Crippen LogP contribution in [-0.2, 0) is 25.8 Å². The minimum atomic E-state index is -3.67. The summed E-state index contributed by atoms with van der Waals surface area (Å²) in [6, 6.07) is 20.7. The third kappa shape index (κ3) is 8.25. The average Bonchev–Trinajstić information content (AvgIpc) is 3.49. The summed E-state index contributed by atoms with van der Waals surface area (Å²) in [5.74, 6) is 1.29. The van der Waals surface area contributed by atoms with E-state index in [1.54, 1.807) is 56.7 Å². The fourth-order valence-corrected chi connectivity index (χ4v) is 5.87. The predicted octanol–water partition coefficient (Wildman–Crippen LogP) is 2.71. The molecule has 3 aromatic carbocycles. The van der Waals surface area contributed by atoms with Crippen LogP contribution in [-0.4, -0.2) is 77.2 Å². The van der Waals surface area contributed by atoms with Crippen molar-refractivity contribution in [2.45, 2.75) is 29.7 Å². The number of hydrogen-bond acceptors (Lipinski definition) is 10. The monoisotopic (exact) mass is 611 g/mol. The van der Waals surface area contributed by atoms with Crippen molar-refractivity contribution in [3.63, 3.8) is 0 Å². The molecule has 0 radical (unpaired) electrons. The van der Waals surface area contributed by atoms with Gasteiger partial charge in [0.2, 0.25) is 5.90 Å². The summed E-state index contributed by atoms with van der Waals surface area (Å²) in [5, 5.41) is 8.95. The van der Waals surface area contributed by atoms with Crippen LogP contribution in [0.3, 0.4) is 0 Å². The molecule has 1 heterocycles. The van der Waals surface area contributed by atoms with Gasteiger partial charge >= 0.3 is 0 Å². The molecule has 0 saturated carbocycles. The summed E-state index contributed by atoms with van der Waals surface area (Å²) in [5.41, 5.74) is 5.76. The lowest BCUT2D eigenvalue weighted by atomic mass is 9.98. The number of hydrogen-bond donors (Lipinski definition) is 3. The van der Waals surface area contributed by atoms with Crippen molar-refractivity contribution in [1.82, 2.24) is 10.9 Å². The molecule has 1 amide bonds. The number of aliphatic hydroxyl groups is 1. The van der Waals surface area contributed by atoms with Crippen LogP contribution in [0, 0.1) is 0 Å². The van der Waals surface area contributed by atoms with Crippen LogP contribution in [0.2, 0.25) is 0 Å². The van der Waals surface area contributed by atoms with Crippen molar-refractivity contribution in [3.05, 3.63) is 83.9 Å². The Labute approximate surface area is 251 Å². The van der Waals surface area contributed by atoms with Crippen molar-refractivity contribution in [2.75, 3.05) is 46.3 Å². The van der Waals surface area contributed by atoms with E-state index in [0.29, 0.717) is 48.8 Å². The van der Waals surface area contributed by atoms with Gasteiger partial charge < -0.3 is 24.1 Å². The minimum Gasteiger partial charge on any atom is -0.494 e. The molecule has 11 nitrogen and oxygen atoms in total. The van der Waals surface area contributed by atoms with Crippen LogP contribution in [0.15, 0.2) is 82.7 Å². The maximum absolute atomic E-state index is 13.6. The lowest BCUT2D eigenvalue weighted by Crippen LogP contribution is -2.52. The van der Waals surface area contributed by atoms with Gasteiger partial charge in [-0.05, 0) is 66.9 Å². The second-order valence-electron chi connectivity index (χ2n) is 9.89. The SMILES string of the molecule is COc1ccc(CCNNC(=O)[C@]2(CCS(=O)(=O)c3ccccc3)COC(c3ccc(OCCCO)cc3)=N2)cc1OC. The highest BCUT2D eigenvalue weighted by atomic mass is 32.2. The molecule has 0 aliphatic carbocycles. The Bertz CT molecular complexity index is 1500. The summed E-state index contributed by atoms with van der Waals surface area (Å²) < 4.78 is 48.2. The molecular weight excluding hydrogens is 574 g/mol. The van der Waals surface area contributed by atoms with Gasteiger partial charge in [-0.15, -0.1) is 0 Å². The van der Waals surface area contributed by atoms with Gasteiger partial charge in [0.15, 0.2) is 26.9 Å². The molecule has 0 bridgehead atoms. The zero-order valence-electron chi connectivity index (χ0n) is 24.2. The van der Waals surface area contributed by atoms with Gasteiger partial charge in [0.25, 0.3) is 5.91 Å². The predicted molar refractivity (Wildman–Crippen MR) is 161 cm³/mol. The van der Waals surface area contributed by atoms with Crippen LogP contribution >= 0.6 is 0 Å². The van der Waals surface area contributed by atoms with E-state index in [9.17, 15) is 13.2 Å². The molecule has 0 aromatic heterocycles. The number of methoxy groups -OCH3 is 2. The third-order valence-electron chi connectivity index (χ3n) is 6.93. The van der Waals surface area contributed by atoms with Gasteiger partial charge in [-0.2, -0.15) is 0 Å². The van der Waals surface area contributed by atoms with Crippen LogP contribution in [0.5, 0.6) is 17.2 Å². The molecule has 0 saturated heterocycles. The second-order valence-corrected chi connectivity index (χ2v) is 12.0. The number of ether oxygens (including phenoxy) is 4. The number of sulfone groups is 1. The Morgan fingerprint density at radius 2 is 1.77 bits per heavy atom. The standard InChI is InChI=1S/C31H37N3O8S/c1-39-27-14-9-23(21-28(27)40-2)15-17-32-34-30(36)31(16-20-43(37,38)26-7-4-3-5-8-26)22-42-29(33-31)24-10-12-25(13-11-24)41-19-6-18-35/h3-5,7-14,21,32,35H,6,15-20,22H2,1-2H3,(H,34,36)/t31-/m0/s1. The molecule has 3 aromatic rings. The van der Waals surface area contributed by atoms with E-state index in [4.69, 9.17) is 24.1 Å². The molecule has 0 fully saturated rings. The molecule has 0 unspecified atom stereocenters. The van der Waals surface area contributed by atoms with Gasteiger partial charge in [0.1, 0.15) is 12.4 Å². The Morgan fingerprint density at radius 3 is 2.47 bits per heavy atom. The number of aliphatic imine (C=N–C) groups is 1. The van der Waals surface area contributed by atoms with Crippen molar-refractivity contribution >= 4 is 21.6 Å². The van der Waals surface area contributed by atoms with Gasteiger partial charge in [0, 0.05) is 25.1 Å². The van der Waals surface area contributed by atoms with Crippen LogP contribution in [0.1, 0.15) is 24.0 Å². The quantitative estimate of drug-likeness (QED) is 0.164. The van der Waals surface area contributed by atoms with E-state index in [1.807, 2.05) is 18.2 Å². The Balaban J connectivity index is 1.47. The second kappa shape index (κ2) is 14.9. The topological polar surface area (TPSA) is 145 Å². The summed E-state index contributed by atoms with van der Waals surface area (Å²) in [4.78, 5) is 18.4. The highest BCUT2D eigenvalue weighted by Gasteiger charge is 2.45. The summed E-state index contributed by atoms with van der Waals surface area (Å²) >= 11 is 0. The first-order chi connectivity index (χ1) is 20.8. The van der Waals surface area contributed by atoms with E-state index in [1.165, 1.54) is 12.1 Å². The largest absolute Gasteiger partial charge is 0.494 e. The van der Waals surface area contributed by atoms with Crippen LogP contribution in [0.4, 0.5) is 0 Å². The molecule has 1 aliphatic heterocycles. The average molecular weight is 612 g/mol. The van der Waals surface area contributed by atoms with Crippen LogP contribution < -0.4 is 25.1 Å².